The van der Waals surface area contributed by atoms with Gasteiger partial charge in [-0.25, -0.2) is 8.42 Å². The van der Waals surface area contributed by atoms with Gasteiger partial charge in [0.05, 0.1) is 23.7 Å². The predicted octanol–water partition coefficient (Wildman–Crippen LogP) is 5.08. The molecule has 0 heterocycles. The summed E-state index contributed by atoms with van der Waals surface area (Å²) in [5.74, 6) is 0.356. The number of hydrogen-bond donors (Lipinski definition) is 1. The van der Waals surface area contributed by atoms with E-state index in [0.29, 0.717) is 12.1 Å². The van der Waals surface area contributed by atoms with Gasteiger partial charge in [0.1, 0.15) is 12.3 Å². The van der Waals surface area contributed by atoms with Gasteiger partial charge in [0, 0.05) is 0 Å². The zero-order valence-electron chi connectivity index (χ0n) is 20.3. The van der Waals surface area contributed by atoms with Gasteiger partial charge in [0.25, 0.3) is 10.0 Å². The Hall–Kier alpha value is -3.32. The summed E-state index contributed by atoms with van der Waals surface area (Å²) in [6.45, 7) is 7.34. The summed E-state index contributed by atoms with van der Waals surface area (Å²) in [5, 5.41) is 3.00. The smallest absolute Gasteiger partial charge is 0.264 e. The Bertz CT molecular complexity index is 1240. The topological polar surface area (TPSA) is 75.7 Å². The van der Waals surface area contributed by atoms with E-state index in [1.54, 1.807) is 43.5 Å². The first-order valence-corrected chi connectivity index (χ1v) is 12.7. The van der Waals surface area contributed by atoms with Crippen LogP contribution >= 0.6 is 0 Å². The maximum Gasteiger partial charge on any atom is 0.264 e. The SMILES string of the molecule is CC[C@@H](NC(=O)CN(c1cccc(C)c1C)S(=O)(=O)c1ccc(C)cc1)c1ccc(OC)cc1. The van der Waals surface area contributed by atoms with Crippen LogP contribution in [0.3, 0.4) is 0 Å². The van der Waals surface area contributed by atoms with Crippen molar-refractivity contribution in [2.24, 2.45) is 0 Å². The fourth-order valence-corrected chi connectivity index (χ4v) is 5.25. The molecule has 3 aromatic rings. The summed E-state index contributed by atoms with van der Waals surface area (Å²) < 4.78 is 33.8. The van der Waals surface area contributed by atoms with Gasteiger partial charge >= 0.3 is 0 Å². The molecule has 1 atom stereocenters. The molecule has 0 aromatic heterocycles. The van der Waals surface area contributed by atoms with Gasteiger partial charge in [-0.2, -0.15) is 0 Å². The number of methoxy groups -OCH3 is 1. The minimum Gasteiger partial charge on any atom is -0.497 e. The minimum absolute atomic E-state index is 0.147. The third-order valence-electron chi connectivity index (χ3n) is 6.00. The Kier molecular flexibility index (Phi) is 7.99. The van der Waals surface area contributed by atoms with Crippen LogP contribution in [0.25, 0.3) is 0 Å². The number of hydrogen-bond acceptors (Lipinski definition) is 4. The molecule has 0 unspecified atom stereocenters. The lowest BCUT2D eigenvalue weighted by Crippen LogP contribution is -2.42. The third-order valence-corrected chi connectivity index (χ3v) is 7.78. The Morgan fingerprint density at radius 3 is 2.21 bits per heavy atom. The number of ether oxygens (including phenoxy) is 1. The van der Waals surface area contributed by atoms with E-state index in [9.17, 15) is 13.2 Å². The zero-order valence-corrected chi connectivity index (χ0v) is 21.1. The lowest BCUT2D eigenvalue weighted by Gasteiger charge is -2.27. The molecule has 6 nitrogen and oxygen atoms in total. The number of aryl methyl sites for hydroxylation is 2. The molecule has 180 valence electrons. The first-order chi connectivity index (χ1) is 16.2. The second-order valence-electron chi connectivity index (χ2n) is 8.35. The van der Waals surface area contributed by atoms with Crippen molar-refractivity contribution in [3.05, 3.63) is 89.0 Å². The number of amides is 1. The van der Waals surface area contributed by atoms with Crippen LogP contribution in [-0.2, 0) is 14.8 Å². The number of benzene rings is 3. The minimum atomic E-state index is -3.97. The van der Waals surface area contributed by atoms with Crippen molar-refractivity contribution in [3.63, 3.8) is 0 Å². The second-order valence-corrected chi connectivity index (χ2v) is 10.2. The van der Waals surface area contributed by atoms with Crippen molar-refractivity contribution >= 4 is 21.6 Å². The van der Waals surface area contributed by atoms with Crippen LogP contribution < -0.4 is 14.4 Å². The highest BCUT2D eigenvalue weighted by Gasteiger charge is 2.29. The highest BCUT2D eigenvalue weighted by atomic mass is 32.2. The fourth-order valence-electron chi connectivity index (χ4n) is 3.77. The van der Waals surface area contributed by atoms with E-state index in [0.717, 1.165) is 28.0 Å². The van der Waals surface area contributed by atoms with Crippen molar-refractivity contribution in [1.29, 1.82) is 0 Å². The van der Waals surface area contributed by atoms with Crippen LogP contribution in [0.2, 0.25) is 0 Å². The summed E-state index contributed by atoms with van der Waals surface area (Å²) in [6, 6.07) is 19.4. The fraction of sp³-hybridized carbons (Fsp3) is 0.296. The van der Waals surface area contributed by atoms with E-state index in [4.69, 9.17) is 4.74 Å². The van der Waals surface area contributed by atoms with Gasteiger partial charge in [-0.3, -0.25) is 9.10 Å². The number of anilines is 1. The zero-order chi connectivity index (χ0) is 24.9. The van der Waals surface area contributed by atoms with Crippen molar-refractivity contribution in [2.45, 2.75) is 45.1 Å². The van der Waals surface area contributed by atoms with Crippen molar-refractivity contribution in [3.8, 4) is 5.75 Å². The van der Waals surface area contributed by atoms with E-state index in [1.165, 1.54) is 4.31 Å². The highest BCUT2D eigenvalue weighted by Crippen LogP contribution is 2.29. The second kappa shape index (κ2) is 10.7. The average Bonchev–Trinajstić information content (AvgIpc) is 2.83. The number of rotatable bonds is 9. The molecule has 0 aliphatic carbocycles. The van der Waals surface area contributed by atoms with Crippen molar-refractivity contribution in [1.82, 2.24) is 5.32 Å². The molecular formula is C27H32N2O4S. The largest absolute Gasteiger partial charge is 0.497 e. The Labute approximate surface area is 202 Å². The van der Waals surface area contributed by atoms with Gasteiger partial charge in [0.15, 0.2) is 0 Å². The number of carbonyl (C=O) groups excluding carboxylic acids is 1. The van der Waals surface area contributed by atoms with E-state index >= 15 is 0 Å². The highest BCUT2D eigenvalue weighted by molar-refractivity contribution is 7.92. The van der Waals surface area contributed by atoms with E-state index in [1.807, 2.05) is 58.0 Å². The molecule has 3 rings (SSSR count). The molecule has 0 aliphatic heterocycles. The van der Waals surface area contributed by atoms with Gasteiger partial charge in [0.2, 0.25) is 5.91 Å². The summed E-state index contributed by atoms with van der Waals surface area (Å²) in [5.41, 5.74) is 4.14. The van der Waals surface area contributed by atoms with Crippen LogP contribution in [0.15, 0.2) is 71.6 Å². The average molecular weight is 481 g/mol. The monoisotopic (exact) mass is 480 g/mol. The van der Waals surface area contributed by atoms with Gasteiger partial charge < -0.3 is 10.1 Å². The van der Waals surface area contributed by atoms with Crippen LogP contribution in [0.5, 0.6) is 5.75 Å². The van der Waals surface area contributed by atoms with Gasteiger partial charge in [-0.1, -0.05) is 48.9 Å². The summed E-state index contributed by atoms with van der Waals surface area (Å²) in [4.78, 5) is 13.3. The Morgan fingerprint density at radius 1 is 0.971 bits per heavy atom. The molecule has 0 fully saturated rings. The standard InChI is InChI=1S/C27H32N2O4S/c1-6-25(22-12-14-23(33-5)15-13-22)28-27(30)18-29(26-9-7-8-20(3)21(26)4)34(31,32)24-16-10-19(2)11-17-24/h7-17,25H,6,18H2,1-5H3,(H,28,30)/t25-/m1/s1. The molecule has 1 amide bonds. The van der Waals surface area contributed by atoms with E-state index in [-0.39, 0.29) is 23.4 Å². The van der Waals surface area contributed by atoms with Crippen molar-refractivity contribution < 1.29 is 17.9 Å². The summed E-state index contributed by atoms with van der Waals surface area (Å²) in [7, 11) is -2.36. The quantitative estimate of drug-likeness (QED) is 0.463. The molecule has 34 heavy (non-hydrogen) atoms. The normalized spacial score (nSPS) is 12.1. The molecule has 0 saturated carbocycles. The molecule has 0 bridgehead atoms. The molecule has 3 aromatic carbocycles. The van der Waals surface area contributed by atoms with E-state index in [2.05, 4.69) is 5.32 Å². The van der Waals surface area contributed by atoms with Gasteiger partial charge in [-0.05, 0) is 74.2 Å². The first kappa shape index (κ1) is 25.3. The number of nitrogens with one attached hydrogen (secondary N) is 1. The lowest BCUT2D eigenvalue weighted by molar-refractivity contribution is -0.120. The third kappa shape index (κ3) is 5.59. The van der Waals surface area contributed by atoms with Crippen LogP contribution in [0.1, 0.15) is 41.6 Å². The number of nitrogens with zero attached hydrogens (tertiary/aromatic N) is 1. The molecule has 7 heteroatoms. The molecule has 0 saturated heterocycles. The Morgan fingerprint density at radius 2 is 1.62 bits per heavy atom. The maximum atomic E-state index is 13.7. The molecule has 0 radical (unpaired) electrons. The molecule has 0 spiro atoms. The lowest BCUT2D eigenvalue weighted by atomic mass is 10.0. The Balaban J connectivity index is 1.94. The predicted molar refractivity (Wildman–Crippen MR) is 136 cm³/mol. The number of sulfonamides is 1. The van der Waals surface area contributed by atoms with Gasteiger partial charge in [-0.15, -0.1) is 0 Å². The molecule has 0 aliphatic rings. The summed E-state index contributed by atoms with van der Waals surface area (Å²) >= 11 is 0. The van der Waals surface area contributed by atoms with Crippen LogP contribution in [0.4, 0.5) is 5.69 Å². The first-order valence-electron chi connectivity index (χ1n) is 11.3. The van der Waals surface area contributed by atoms with Crippen LogP contribution in [0, 0.1) is 20.8 Å². The van der Waals surface area contributed by atoms with Crippen LogP contribution in [-0.4, -0.2) is 28.0 Å². The molecule has 1 N–H and O–H groups in total. The van der Waals surface area contributed by atoms with E-state index < -0.39 is 10.0 Å². The molecular weight excluding hydrogens is 448 g/mol. The van der Waals surface area contributed by atoms with Crippen molar-refractivity contribution in [2.75, 3.05) is 18.0 Å². The summed E-state index contributed by atoms with van der Waals surface area (Å²) in [6.07, 6.45) is 0.659. The maximum absolute atomic E-state index is 13.7. The number of carbonyl (C=O) groups is 1.